The summed E-state index contributed by atoms with van der Waals surface area (Å²) in [5.41, 5.74) is -0.639. The van der Waals surface area contributed by atoms with E-state index < -0.39 is 17.1 Å². The maximum atomic E-state index is 13.0. The maximum Gasteiger partial charge on any atom is 0.208 e. The molecule has 1 heterocycles. The number of benzene rings is 1. The van der Waals surface area contributed by atoms with E-state index in [1.54, 1.807) is 0 Å². The van der Waals surface area contributed by atoms with E-state index in [2.05, 4.69) is 10.2 Å². The zero-order valence-corrected chi connectivity index (χ0v) is 6.34. The Balaban J connectivity index is 3.03. The Hall–Kier alpha value is -1.78. The number of hydrogen-bond donors (Lipinski definition) is 1. The highest BCUT2D eigenvalue weighted by Gasteiger charge is 2.08. The Bertz CT molecular complexity index is 521. The number of nitrogens with one attached hydrogen (secondary N) is 1. The van der Waals surface area contributed by atoms with Crippen molar-refractivity contribution in [1.29, 1.82) is 0 Å². The van der Waals surface area contributed by atoms with Crippen LogP contribution in [0.4, 0.5) is 8.78 Å². The van der Waals surface area contributed by atoms with Crippen molar-refractivity contribution in [3.8, 4) is 0 Å². The summed E-state index contributed by atoms with van der Waals surface area (Å²) >= 11 is 0. The molecule has 0 bridgehead atoms. The molecule has 1 N–H and O–H groups in total. The van der Waals surface area contributed by atoms with Gasteiger partial charge in [0.05, 0.1) is 11.6 Å². The molecule has 0 aliphatic heterocycles. The molecule has 3 nitrogen and oxygen atoms in total. The van der Waals surface area contributed by atoms with Crippen molar-refractivity contribution in [3.63, 3.8) is 0 Å². The van der Waals surface area contributed by atoms with Gasteiger partial charge in [-0.05, 0) is 12.1 Å². The lowest BCUT2D eigenvalue weighted by atomic mass is 10.2. The Kier molecular flexibility index (Phi) is 1.58. The van der Waals surface area contributed by atoms with Crippen LogP contribution in [-0.2, 0) is 0 Å². The summed E-state index contributed by atoms with van der Waals surface area (Å²) in [6.07, 6.45) is 1.01. The fourth-order valence-corrected chi connectivity index (χ4v) is 1.09. The van der Waals surface area contributed by atoms with Gasteiger partial charge in [-0.2, -0.15) is 5.10 Å². The zero-order chi connectivity index (χ0) is 9.42. The van der Waals surface area contributed by atoms with Gasteiger partial charge in [-0.15, -0.1) is 0 Å². The lowest BCUT2D eigenvalue weighted by molar-refractivity contribution is 0.514. The van der Waals surface area contributed by atoms with E-state index in [4.69, 9.17) is 0 Å². The molecule has 0 aliphatic rings. The van der Waals surface area contributed by atoms with E-state index >= 15 is 0 Å². The van der Waals surface area contributed by atoms with E-state index in [1.807, 2.05) is 0 Å². The minimum atomic E-state index is -1.08. The molecule has 5 heteroatoms. The lowest BCUT2D eigenvalue weighted by Crippen LogP contribution is -2.04. The van der Waals surface area contributed by atoms with E-state index in [-0.39, 0.29) is 10.9 Å². The van der Waals surface area contributed by atoms with Gasteiger partial charge < -0.3 is 0 Å². The molecule has 1 aromatic heterocycles. The Labute approximate surface area is 71.0 Å². The van der Waals surface area contributed by atoms with Gasteiger partial charge in [-0.25, -0.2) is 8.78 Å². The molecule has 0 unspecified atom stereocenters. The van der Waals surface area contributed by atoms with Gasteiger partial charge in [0.15, 0.2) is 11.6 Å². The van der Waals surface area contributed by atoms with Gasteiger partial charge >= 0.3 is 0 Å². The minimum absolute atomic E-state index is 0.0916. The molecule has 0 aliphatic carbocycles. The monoisotopic (exact) mass is 182 g/mol. The normalized spacial score (nSPS) is 10.6. The van der Waals surface area contributed by atoms with Gasteiger partial charge in [-0.1, -0.05) is 0 Å². The van der Waals surface area contributed by atoms with Gasteiger partial charge in [0.25, 0.3) is 0 Å². The standard InChI is InChI=1S/C8H4F2N2O/c9-5-2-1-4-6(13)3-11-12-8(4)7(5)10/h1-3H,(H,12,13). The summed E-state index contributed by atoms with van der Waals surface area (Å²) < 4.78 is 25.6. The average Bonchev–Trinajstić information content (AvgIpc) is 2.12. The highest BCUT2D eigenvalue weighted by Crippen LogP contribution is 2.13. The van der Waals surface area contributed by atoms with Crippen LogP contribution in [0.2, 0.25) is 0 Å². The minimum Gasteiger partial charge on any atom is -0.287 e. The quantitative estimate of drug-likeness (QED) is 0.665. The average molecular weight is 182 g/mol. The zero-order valence-electron chi connectivity index (χ0n) is 6.34. The maximum absolute atomic E-state index is 13.0. The highest BCUT2D eigenvalue weighted by molar-refractivity contribution is 5.77. The predicted molar refractivity (Wildman–Crippen MR) is 42.3 cm³/mol. The summed E-state index contributed by atoms with van der Waals surface area (Å²) in [5, 5.41) is 5.70. The largest absolute Gasteiger partial charge is 0.287 e. The molecular weight excluding hydrogens is 178 g/mol. The number of hydrogen-bond acceptors (Lipinski definition) is 2. The fourth-order valence-electron chi connectivity index (χ4n) is 1.09. The highest BCUT2D eigenvalue weighted by atomic mass is 19.2. The van der Waals surface area contributed by atoms with Crippen LogP contribution in [0, 0.1) is 11.6 Å². The van der Waals surface area contributed by atoms with E-state index in [1.165, 1.54) is 6.07 Å². The van der Waals surface area contributed by atoms with Gasteiger partial charge in [0, 0.05) is 0 Å². The van der Waals surface area contributed by atoms with E-state index in [0.29, 0.717) is 0 Å². The molecule has 1 aromatic carbocycles. The van der Waals surface area contributed by atoms with E-state index in [9.17, 15) is 13.6 Å². The first kappa shape index (κ1) is 7.85. The topological polar surface area (TPSA) is 45.8 Å². The predicted octanol–water partition coefficient (Wildman–Crippen LogP) is 1.20. The van der Waals surface area contributed by atoms with Crippen molar-refractivity contribution in [2.75, 3.05) is 0 Å². The van der Waals surface area contributed by atoms with E-state index in [0.717, 1.165) is 12.3 Å². The summed E-state index contributed by atoms with van der Waals surface area (Å²) in [5.74, 6) is -2.08. The molecule has 0 spiro atoms. The first-order chi connectivity index (χ1) is 6.20. The third-order valence-corrected chi connectivity index (χ3v) is 1.72. The van der Waals surface area contributed by atoms with Crippen LogP contribution in [0.3, 0.4) is 0 Å². The molecule has 13 heavy (non-hydrogen) atoms. The Morgan fingerprint density at radius 3 is 2.85 bits per heavy atom. The Morgan fingerprint density at radius 1 is 1.31 bits per heavy atom. The van der Waals surface area contributed by atoms with Gasteiger partial charge in [0.2, 0.25) is 5.43 Å². The molecule has 0 saturated carbocycles. The molecule has 66 valence electrons. The van der Waals surface area contributed by atoms with Crippen LogP contribution in [0.15, 0.2) is 23.1 Å². The summed E-state index contributed by atoms with van der Waals surface area (Å²) in [7, 11) is 0. The van der Waals surface area contributed by atoms with Crippen LogP contribution >= 0.6 is 0 Å². The fraction of sp³-hybridized carbons (Fsp3) is 0. The smallest absolute Gasteiger partial charge is 0.208 e. The second-order valence-corrected chi connectivity index (χ2v) is 2.52. The second kappa shape index (κ2) is 2.62. The van der Waals surface area contributed by atoms with Crippen molar-refractivity contribution in [2.45, 2.75) is 0 Å². The first-order valence-electron chi connectivity index (χ1n) is 3.51. The molecule has 0 radical (unpaired) electrons. The number of nitrogens with zero attached hydrogens (tertiary/aromatic N) is 1. The van der Waals surface area contributed by atoms with Crippen molar-refractivity contribution < 1.29 is 8.78 Å². The first-order valence-corrected chi connectivity index (χ1v) is 3.51. The van der Waals surface area contributed by atoms with Crippen LogP contribution < -0.4 is 5.43 Å². The molecular formula is C8H4F2N2O. The Morgan fingerprint density at radius 2 is 2.08 bits per heavy atom. The van der Waals surface area contributed by atoms with Crippen molar-refractivity contribution >= 4 is 10.9 Å². The summed E-state index contributed by atoms with van der Waals surface area (Å²) in [6, 6.07) is 2.13. The number of H-pyrrole nitrogens is 1. The number of aromatic nitrogens is 2. The third-order valence-electron chi connectivity index (χ3n) is 1.72. The van der Waals surface area contributed by atoms with Crippen molar-refractivity contribution in [3.05, 3.63) is 40.2 Å². The van der Waals surface area contributed by atoms with Crippen molar-refractivity contribution in [1.82, 2.24) is 10.2 Å². The molecule has 2 aromatic rings. The van der Waals surface area contributed by atoms with Crippen LogP contribution in [0.25, 0.3) is 10.9 Å². The number of halogens is 2. The molecule has 0 saturated heterocycles. The number of rotatable bonds is 0. The van der Waals surface area contributed by atoms with Crippen LogP contribution in [-0.4, -0.2) is 10.2 Å². The van der Waals surface area contributed by atoms with Crippen LogP contribution in [0.5, 0.6) is 0 Å². The second-order valence-electron chi connectivity index (χ2n) is 2.52. The van der Waals surface area contributed by atoms with Gasteiger partial charge in [-0.3, -0.25) is 9.89 Å². The molecule has 0 atom stereocenters. The number of fused-ring (bicyclic) bond motifs is 1. The lowest BCUT2D eigenvalue weighted by Gasteiger charge is -1.97. The van der Waals surface area contributed by atoms with Crippen molar-refractivity contribution in [2.24, 2.45) is 0 Å². The third kappa shape index (κ3) is 1.09. The van der Waals surface area contributed by atoms with Gasteiger partial charge in [0.1, 0.15) is 5.52 Å². The summed E-state index contributed by atoms with van der Waals surface area (Å²) in [4.78, 5) is 11.1. The molecule has 0 amide bonds. The SMILES string of the molecule is O=c1cn[nH]c2c(F)c(F)ccc12. The summed E-state index contributed by atoms with van der Waals surface area (Å²) in [6.45, 7) is 0. The molecule has 0 fully saturated rings. The van der Waals surface area contributed by atoms with Crippen LogP contribution in [0.1, 0.15) is 0 Å². The molecule has 2 rings (SSSR count). The number of aromatic amines is 1.